The van der Waals surface area contributed by atoms with Crippen molar-refractivity contribution in [3.63, 3.8) is 0 Å². The molecule has 1 heterocycles. The maximum Gasteiger partial charge on any atom is 0.257 e. The number of hydrogen-bond donors (Lipinski definition) is 1. The van der Waals surface area contributed by atoms with Gasteiger partial charge in [-0.25, -0.2) is 0 Å². The molecule has 0 atom stereocenters. The van der Waals surface area contributed by atoms with Crippen LogP contribution in [0.25, 0.3) is 22.1 Å². The van der Waals surface area contributed by atoms with Gasteiger partial charge in [0, 0.05) is 5.56 Å². The Labute approximate surface area is 187 Å². The first-order valence-corrected chi connectivity index (χ1v) is 10.7. The fourth-order valence-electron chi connectivity index (χ4n) is 3.81. The minimum absolute atomic E-state index is 0.00396. The molecule has 0 saturated carbocycles. The van der Waals surface area contributed by atoms with E-state index in [1.807, 2.05) is 62.4 Å². The summed E-state index contributed by atoms with van der Waals surface area (Å²) in [6.45, 7) is 10.2. The summed E-state index contributed by atoms with van der Waals surface area (Å²) in [7, 11) is 0. The van der Waals surface area contributed by atoms with Gasteiger partial charge in [0.2, 0.25) is 11.3 Å². The summed E-state index contributed by atoms with van der Waals surface area (Å²) in [4.78, 5) is 26.6. The highest BCUT2D eigenvalue weighted by Crippen LogP contribution is 2.31. The van der Waals surface area contributed by atoms with Gasteiger partial charge in [0.25, 0.3) is 5.91 Å². The van der Waals surface area contributed by atoms with E-state index in [-0.39, 0.29) is 22.6 Å². The number of amides is 1. The van der Waals surface area contributed by atoms with Gasteiger partial charge in [0.05, 0.1) is 10.9 Å². The molecule has 162 valence electrons. The van der Waals surface area contributed by atoms with Gasteiger partial charge in [-0.2, -0.15) is 0 Å². The van der Waals surface area contributed by atoms with Crippen LogP contribution in [0.2, 0.25) is 0 Å². The lowest BCUT2D eigenvalue weighted by Gasteiger charge is -2.19. The van der Waals surface area contributed by atoms with Crippen LogP contribution in [0.3, 0.4) is 0 Å². The van der Waals surface area contributed by atoms with Crippen LogP contribution in [-0.4, -0.2) is 5.91 Å². The predicted molar refractivity (Wildman–Crippen MR) is 130 cm³/mol. The highest BCUT2D eigenvalue weighted by molar-refractivity contribution is 6.06. The Morgan fingerprint density at radius 3 is 2.25 bits per heavy atom. The molecule has 0 unspecified atom stereocenters. The number of benzene rings is 3. The Morgan fingerprint density at radius 1 is 0.906 bits per heavy atom. The van der Waals surface area contributed by atoms with Crippen LogP contribution in [0.15, 0.2) is 75.9 Å². The van der Waals surface area contributed by atoms with Crippen molar-refractivity contribution >= 4 is 22.8 Å². The first-order chi connectivity index (χ1) is 15.1. The second-order valence-corrected chi connectivity index (χ2v) is 9.24. The minimum Gasteiger partial charge on any atom is -0.439 e. The average molecular weight is 426 g/mol. The lowest BCUT2D eigenvalue weighted by Crippen LogP contribution is -2.17. The van der Waals surface area contributed by atoms with Gasteiger partial charge in [-0.15, -0.1) is 0 Å². The summed E-state index contributed by atoms with van der Waals surface area (Å²) in [6, 6.07) is 20.6. The smallest absolute Gasteiger partial charge is 0.257 e. The molecule has 0 saturated heterocycles. The topological polar surface area (TPSA) is 59.3 Å². The van der Waals surface area contributed by atoms with Crippen LogP contribution in [0, 0.1) is 13.8 Å². The molecule has 0 aliphatic rings. The van der Waals surface area contributed by atoms with Gasteiger partial charge in [-0.3, -0.25) is 14.9 Å². The van der Waals surface area contributed by atoms with Gasteiger partial charge < -0.3 is 4.42 Å². The third kappa shape index (κ3) is 4.09. The molecule has 1 aromatic heterocycles. The molecule has 4 rings (SSSR count). The van der Waals surface area contributed by atoms with Crippen molar-refractivity contribution < 1.29 is 9.21 Å². The molecule has 0 radical (unpaired) electrons. The van der Waals surface area contributed by atoms with Crippen molar-refractivity contribution in [2.24, 2.45) is 0 Å². The number of carbonyl (C=O) groups excluding carboxylic acids is 1. The van der Waals surface area contributed by atoms with E-state index in [0.717, 1.165) is 16.7 Å². The molecule has 0 spiro atoms. The molecule has 0 aliphatic carbocycles. The van der Waals surface area contributed by atoms with Gasteiger partial charge in [0.15, 0.2) is 0 Å². The number of para-hydroxylation sites is 1. The van der Waals surface area contributed by atoms with Crippen LogP contribution >= 0.6 is 0 Å². The van der Waals surface area contributed by atoms with Crippen molar-refractivity contribution in [2.75, 3.05) is 5.32 Å². The van der Waals surface area contributed by atoms with Crippen molar-refractivity contribution in [3.05, 3.63) is 99.2 Å². The van der Waals surface area contributed by atoms with E-state index in [1.54, 1.807) is 18.2 Å². The Balaban J connectivity index is 1.84. The first-order valence-electron chi connectivity index (χ1n) is 10.7. The van der Waals surface area contributed by atoms with Crippen LogP contribution in [0.5, 0.6) is 0 Å². The van der Waals surface area contributed by atoms with Crippen LogP contribution < -0.4 is 10.7 Å². The van der Waals surface area contributed by atoms with E-state index < -0.39 is 0 Å². The third-order valence-electron chi connectivity index (χ3n) is 5.66. The summed E-state index contributed by atoms with van der Waals surface area (Å²) in [6.07, 6.45) is 0. The standard InChI is InChI=1S/C28H27NO3/c1-17-8-6-10-20(16-17)23-24(30)22-11-7-9-18(2)25(22)32-27(23)29-26(31)19-12-14-21(15-13-19)28(3,4)5/h6-16H,1-5H3,(H,29,31). The van der Waals surface area contributed by atoms with E-state index in [4.69, 9.17) is 4.42 Å². The molecule has 0 aliphatic heterocycles. The zero-order chi connectivity index (χ0) is 23.0. The van der Waals surface area contributed by atoms with Crippen LogP contribution in [-0.2, 0) is 5.41 Å². The predicted octanol–water partition coefficient (Wildman–Crippen LogP) is 6.63. The summed E-state index contributed by atoms with van der Waals surface area (Å²) >= 11 is 0. The lowest BCUT2D eigenvalue weighted by atomic mass is 9.87. The molecule has 1 N–H and O–H groups in total. The maximum atomic E-state index is 13.5. The molecule has 32 heavy (non-hydrogen) atoms. The zero-order valence-corrected chi connectivity index (χ0v) is 19.1. The van der Waals surface area contributed by atoms with E-state index >= 15 is 0 Å². The second kappa shape index (κ2) is 8.12. The van der Waals surface area contributed by atoms with E-state index in [9.17, 15) is 9.59 Å². The number of aryl methyl sites for hydroxylation is 2. The number of carbonyl (C=O) groups is 1. The fraction of sp³-hybridized carbons (Fsp3) is 0.214. The molecular formula is C28H27NO3. The SMILES string of the molecule is Cc1cccc(-c2c(NC(=O)c3ccc(C(C)(C)C)cc3)oc3c(C)cccc3c2=O)c1. The maximum absolute atomic E-state index is 13.5. The van der Waals surface area contributed by atoms with Crippen molar-refractivity contribution in [1.82, 2.24) is 0 Å². The van der Waals surface area contributed by atoms with Gasteiger partial charge >= 0.3 is 0 Å². The van der Waals surface area contributed by atoms with Crippen molar-refractivity contribution in [3.8, 4) is 11.1 Å². The molecule has 3 aromatic carbocycles. The Hall–Kier alpha value is -3.66. The monoisotopic (exact) mass is 425 g/mol. The van der Waals surface area contributed by atoms with E-state index in [2.05, 4.69) is 26.1 Å². The summed E-state index contributed by atoms with van der Waals surface area (Å²) in [5, 5.41) is 3.35. The highest BCUT2D eigenvalue weighted by Gasteiger charge is 2.20. The molecule has 4 aromatic rings. The molecule has 0 fully saturated rings. The van der Waals surface area contributed by atoms with Crippen molar-refractivity contribution in [2.45, 2.75) is 40.0 Å². The van der Waals surface area contributed by atoms with Crippen LogP contribution in [0.1, 0.15) is 47.8 Å². The quantitative estimate of drug-likeness (QED) is 0.401. The molecule has 4 heteroatoms. The third-order valence-corrected chi connectivity index (χ3v) is 5.66. The number of nitrogens with one attached hydrogen (secondary N) is 1. The number of anilines is 1. The minimum atomic E-state index is -0.324. The summed E-state index contributed by atoms with van der Waals surface area (Å²) in [5.41, 5.74) is 4.86. The summed E-state index contributed by atoms with van der Waals surface area (Å²) < 4.78 is 6.14. The number of rotatable bonds is 3. The average Bonchev–Trinajstić information content (AvgIpc) is 2.74. The fourth-order valence-corrected chi connectivity index (χ4v) is 3.81. The number of hydrogen-bond acceptors (Lipinski definition) is 3. The van der Waals surface area contributed by atoms with E-state index in [0.29, 0.717) is 27.7 Å². The van der Waals surface area contributed by atoms with Gasteiger partial charge in [0.1, 0.15) is 5.58 Å². The molecular weight excluding hydrogens is 398 g/mol. The Bertz CT molecular complexity index is 1370. The highest BCUT2D eigenvalue weighted by atomic mass is 16.4. The first kappa shape index (κ1) is 21.6. The Morgan fingerprint density at radius 2 is 1.59 bits per heavy atom. The van der Waals surface area contributed by atoms with E-state index in [1.165, 1.54) is 0 Å². The Kier molecular flexibility index (Phi) is 5.47. The zero-order valence-electron chi connectivity index (χ0n) is 19.1. The van der Waals surface area contributed by atoms with Crippen molar-refractivity contribution in [1.29, 1.82) is 0 Å². The normalized spacial score (nSPS) is 11.5. The van der Waals surface area contributed by atoms with Gasteiger partial charge in [-0.05, 0) is 54.2 Å². The molecule has 4 nitrogen and oxygen atoms in total. The molecule has 0 bridgehead atoms. The summed E-state index contributed by atoms with van der Waals surface area (Å²) in [5.74, 6) is -0.164. The lowest BCUT2D eigenvalue weighted by molar-refractivity contribution is 0.102. The molecule has 1 amide bonds. The number of fused-ring (bicyclic) bond motifs is 1. The second-order valence-electron chi connectivity index (χ2n) is 9.24. The van der Waals surface area contributed by atoms with Crippen LogP contribution in [0.4, 0.5) is 5.88 Å². The largest absolute Gasteiger partial charge is 0.439 e. The van der Waals surface area contributed by atoms with Gasteiger partial charge in [-0.1, -0.05) is 74.9 Å².